The number of aryl methyl sites for hydroxylation is 1. The molecule has 22 heavy (non-hydrogen) atoms. The molecule has 0 amide bonds. The predicted molar refractivity (Wildman–Crippen MR) is 84.0 cm³/mol. The van der Waals surface area contributed by atoms with Gasteiger partial charge in [-0.1, -0.05) is 6.07 Å². The monoisotopic (exact) mass is 337 g/mol. The van der Waals surface area contributed by atoms with Gasteiger partial charge in [-0.15, -0.1) is 0 Å². The second kappa shape index (κ2) is 5.41. The molecule has 0 saturated carbocycles. The molecular formula is C13H15N5O2S2. The molecule has 0 radical (unpaired) electrons. The topological polar surface area (TPSA) is 81.0 Å². The minimum Gasteiger partial charge on any atom is -0.273 e. The van der Waals surface area contributed by atoms with Crippen molar-refractivity contribution in [3.05, 3.63) is 35.7 Å². The van der Waals surface area contributed by atoms with Gasteiger partial charge in [0.2, 0.25) is 10.0 Å². The molecule has 1 aromatic carbocycles. The van der Waals surface area contributed by atoms with Gasteiger partial charge in [-0.2, -0.15) is 18.2 Å². The molecule has 0 atom stereocenters. The summed E-state index contributed by atoms with van der Waals surface area (Å²) in [6.45, 7) is 2.17. The second-order valence-electron chi connectivity index (χ2n) is 5.03. The van der Waals surface area contributed by atoms with Gasteiger partial charge >= 0.3 is 0 Å². The van der Waals surface area contributed by atoms with E-state index in [4.69, 9.17) is 0 Å². The van der Waals surface area contributed by atoms with Gasteiger partial charge in [0, 0.05) is 31.9 Å². The molecule has 0 saturated heterocycles. The number of nitrogens with zero attached hydrogens (tertiary/aromatic N) is 5. The maximum absolute atomic E-state index is 12.8. The average molecular weight is 337 g/mol. The molecule has 0 spiro atoms. The van der Waals surface area contributed by atoms with Crippen molar-refractivity contribution < 1.29 is 8.42 Å². The van der Waals surface area contributed by atoms with E-state index in [1.165, 1.54) is 4.31 Å². The van der Waals surface area contributed by atoms with Crippen LogP contribution in [0.5, 0.6) is 0 Å². The zero-order valence-electron chi connectivity index (χ0n) is 12.4. The Balaban J connectivity index is 1.99. The summed E-state index contributed by atoms with van der Waals surface area (Å²) in [6, 6.07) is 4.99. The van der Waals surface area contributed by atoms with Crippen LogP contribution < -0.4 is 0 Å². The molecule has 0 bridgehead atoms. The first-order chi connectivity index (χ1) is 10.4. The third-order valence-electron chi connectivity index (χ3n) is 3.67. The molecule has 9 heteroatoms. The van der Waals surface area contributed by atoms with E-state index in [0.717, 1.165) is 23.0 Å². The van der Waals surface area contributed by atoms with Crippen molar-refractivity contribution >= 4 is 32.8 Å². The Morgan fingerprint density at radius 3 is 2.77 bits per heavy atom. The van der Waals surface area contributed by atoms with Crippen LogP contribution in [-0.4, -0.2) is 38.3 Å². The number of sulfonamides is 1. The normalized spacial score (nSPS) is 12.4. The Morgan fingerprint density at radius 2 is 2.09 bits per heavy atom. The van der Waals surface area contributed by atoms with Crippen molar-refractivity contribution in [3.8, 4) is 0 Å². The van der Waals surface area contributed by atoms with E-state index in [1.54, 1.807) is 36.1 Å². The van der Waals surface area contributed by atoms with E-state index < -0.39 is 10.0 Å². The first-order valence-corrected chi connectivity index (χ1v) is 8.73. The van der Waals surface area contributed by atoms with E-state index in [9.17, 15) is 8.42 Å². The highest BCUT2D eigenvalue weighted by Gasteiger charge is 2.25. The highest BCUT2D eigenvalue weighted by Crippen LogP contribution is 2.24. The van der Waals surface area contributed by atoms with Crippen LogP contribution >= 0.6 is 11.7 Å². The second-order valence-corrected chi connectivity index (χ2v) is 7.57. The summed E-state index contributed by atoms with van der Waals surface area (Å²) in [7, 11) is -0.256. The van der Waals surface area contributed by atoms with Gasteiger partial charge in [0.1, 0.15) is 15.9 Å². The molecule has 0 aliphatic rings. The largest absolute Gasteiger partial charge is 0.273 e. The lowest BCUT2D eigenvalue weighted by Gasteiger charge is -2.17. The molecule has 2 heterocycles. The molecule has 0 aliphatic heterocycles. The smallest absolute Gasteiger partial charge is 0.245 e. The van der Waals surface area contributed by atoms with Gasteiger partial charge in [-0.05, 0) is 19.1 Å². The molecule has 0 aliphatic carbocycles. The summed E-state index contributed by atoms with van der Waals surface area (Å²) in [5.74, 6) is 0. The van der Waals surface area contributed by atoms with E-state index in [0.29, 0.717) is 11.0 Å². The van der Waals surface area contributed by atoms with Crippen molar-refractivity contribution in [2.45, 2.75) is 18.4 Å². The average Bonchev–Trinajstić information content (AvgIpc) is 3.08. The fourth-order valence-electron chi connectivity index (χ4n) is 2.18. The molecule has 7 nitrogen and oxygen atoms in total. The Hall–Kier alpha value is -1.84. The Bertz CT molecular complexity index is 929. The molecule has 0 N–H and O–H groups in total. The highest BCUT2D eigenvalue weighted by atomic mass is 32.2. The van der Waals surface area contributed by atoms with Gasteiger partial charge in [0.05, 0.1) is 17.9 Å². The SMILES string of the molecule is Cc1c(CN(C)S(=O)(=O)c2cccc3nsnc23)cnn1C. The van der Waals surface area contributed by atoms with Crippen molar-refractivity contribution in [2.24, 2.45) is 7.05 Å². The van der Waals surface area contributed by atoms with E-state index in [-0.39, 0.29) is 11.4 Å². The predicted octanol–water partition coefficient (Wildman–Crippen LogP) is 1.55. The fourth-order valence-corrected chi connectivity index (χ4v) is 4.08. The standard InChI is InChI=1S/C13H15N5O2S2/c1-9-10(7-14-18(9)3)8-17(2)22(19,20)12-6-4-5-11-13(12)16-21-15-11/h4-7H,8H2,1-3H3. The van der Waals surface area contributed by atoms with Crippen LogP contribution in [0.3, 0.4) is 0 Å². The summed E-state index contributed by atoms with van der Waals surface area (Å²) in [5, 5.41) is 4.14. The zero-order valence-corrected chi connectivity index (χ0v) is 14.0. The minimum atomic E-state index is -3.64. The zero-order chi connectivity index (χ0) is 15.9. The number of benzene rings is 1. The summed E-state index contributed by atoms with van der Waals surface area (Å²) >= 11 is 1.01. The number of hydrogen-bond donors (Lipinski definition) is 0. The first kappa shape index (κ1) is 15.1. The van der Waals surface area contributed by atoms with Crippen LogP contribution in [0, 0.1) is 6.92 Å². The Labute approximate surface area is 132 Å². The molecular weight excluding hydrogens is 322 g/mol. The van der Waals surface area contributed by atoms with E-state index in [1.807, 2.05) is 14.0 Å². The van der Waals surface area contributed by atoms with Crippen LogP contribution in [0.15, 0.2) is 29.3 Å². The molecule has 2 aromatic heterocycles. The lowest BCUT2D eigenvalue weighted by atomic mass is 10.3. The summed E-state index contributed by atoms with van der Waals surface area (Å²) < 4.78 is 36.8. The number of aromatic nitrogens is 4. The van der Waals surface area contributed by atoms with Gasteiger partial charge in [0.15, 0.2) is 0 Å². The third kappa shape index (κ3) is 2.40. The summed E-state index contributed by atoms with van der Waals surface area (Å²) in [5.41, 5.74) is 2.83. The maximum atomic E-state index is 12.8. The van der Waals surface area contributed by atoms with Gasteiger partial charge in [-0.3, -0.25) is 4.68 Å². The van der Waals surface area contributed by atoms with Gasteiger partial charge in [0.25, 0.3) is 0 Å². The maximum Gasteiger partial charge on any atom is 0.245 e. The summed E-state index contributed by atoms with van der Waals surface area (Å²) in [4.78, 5) is 0.183. The lowest BCUT2D eigenvalue weighted by molar-refractivity contribution is 0.466. The Morgan fingerprint density at radius 1 is 1.32 bits per heavy atom. The van der Waals surface area contributed by atoms with Gasteiger partial charge < -0.3 is 0 Å². The quantitative estimate of drug-likeness (QED) is 0.721. The van der Waals surface area contributed by atoms with Crippen molar-refractivity contribution in [1.82, 2.24) is 22.8 Å². The van der Waals surface area contributed by atoms with E-state index >= 15 is 0 Å². The molecule has 3 aromatic rings. The van der Waals surface area contributed by atoms with Crippen LogP contribution in [0.1, 0.15) is 11.3 Å². The summed E-state index contributed by atoms with van der Waals surface area (Å²) in [6.07, 6.45) is 1.69. The minimum absolute atomic E-state index is 0.183. The van der Waals surface area contributed by atoms with Crippen LogP contribution in [-0.2, 0) is 23.6 Å². The van der Waals surface area contributed by atoms with Crippen molar-refractivity contribution in [2.75, 3.05) is 7.05 Å². The lowest BCUT2D eigenvalue weighted by Crippen LogP contribution is -2.27. The van der Waals surface area contributed by atoms with Crippen LogP contribution in [0.25, 0.3) is 11.0 Å². The number of fused-ring (bicyclic) bond motifs is 1. The molecule has 0 fully saturated rings. The van der Waals surface area contributed by atoms with Crippen molar-refractivity contribution in [3.63, 3.8) is 0 Å². The molecule has 116 valence electrons. The van der Waals surface area contributed by atoms with Crippen LogP contribution in [0.4, 0.5) is 0 Å². The first-order valence-electron chi connectivity index (χ1n) is 6.56. The third-order valence-corrected chi connectivity index (χ3v) is 6.04. The van der Waals surface area contributed by atoms with Crippen molar-refractivity contribution in [1.29, 1.82) is 0 Å². The molecule has 0 unspecified atom stereocenters. The fraction of sp³-hybridized carbons (Fsp3) is 0.308. The Kier molecular flexibility index (Phi) is 3.71. The van der Waals surface area contributed by atoms with E-state index in [2.05, 4.69) is 13.8 Å². The van der Waals surface area contributed by atoms with Crippen LogP contribution in [0.2, 0.25) is 0 Å². The van der Waals surface area contributed by atoms with Gasteiger partial charge in [-0.25, -0.2) is 8.42 Å². The molecule has 3 rings (SSSR count). The number of hydrogen-bond acceptors (Lipinski definition) is 6. The highest BCUT2D eigenvalue weighted by molar-refractivity contribution is 7.89. The number of rotatable bonds is 4.